The number of benzene rings is 7. The molecular weight excluding hydrogens is 753 g/mol. The van der Waals surface area contributed by atoms with E-state index in [9.17, 15) is 0 Å². The van der Waals surface area contributed by atoms with Crippen LogP contribution in [-0.2, 0) is 5.41 Å². The Morgan fingerprint density at radius 3 is 1.90 bits per heavy atom. The molecule has 4 aliphatic carbocycles. The molecule has 0 amide bonds. The van der Waals surface area contributed by atoms with E-state index in [4.69, 9.17) is 15.0 Å². The van der Waals surface area contributed by atoms with Crippen LogP contribution in [0.25, 0.3) is 67.7 Å². The number of aromatic nitrogens is 4. The van der Waals surface area contributed by atoms with Gasteiger partial charge in [0.25, 0.3) is 0 Å². The highest BCUT2D eigenvalue weighted by Gasteiger charge is 2.59. The summed E-state index contributed by atoms with van der Waals surface area (Å²) in [7, 11) is 0. The van der Waals surface area contributed by atoms with Crippen molar-refractivity contribution in [3.63, 3.8) is 0 Å². The Hall–Kier alpha value is -7.69. The van der Waals surface area contributed by atoms with Crippen molar-refractivity contribution in [3.8, 4) is 50.7 Å². The summed E-state index contributed by atoms with van der Waals surface area (Å²) in [5, 5.41) is 1.23. The Bertz CT molecular complexity index is 3310. The lowest BCUT2D eigenvalue weighted by molar-refractivity contribution is 0.452. The minimum Gasteiger partial charge on any atom is -0.312 e. The average Bonchev–Trinajstić information content (AvgIpc) is 3.96. The van der Waals surface area contributed by atoms with Gasteiger partial charge in [-0.1, -0.05) is 188 Å². The molecule has 0 radical (unpaired) electrons. The van der Waals surface area contributed by atoms with Gasteiger partial charge < -0.3 is 4.57 Å². The topological polar surface area (TPSA) is 43.6 Å². The molecule has 292 valence electrons. The molecule has 0 saturated carbocycles. The first-order valence-corrected chi connectivity index (χ1v) is 21.7. The first-order chi connectivity index (χ1) is 30.8. The van der Waals surface area contributed by atoms with Gasteiger partial charge in [0.1, 0.15) is 5.82 Å². The summed E-state index contributed by atoms with van der Waals surface area (Å²) in [5.74, 6) is 2.54. The minimum atomic E-state index is -0.309. The fourth-order valence-electron chi connectivity index (χ4n) is 11.4. The molecule has 0 fully saturated rings. The molecule has 2 aromatic heterocycles. The number of allylic oxidation sites excluding steroid dienone is 5. The van der Waals surface area contributed by atoms with Gasteiger partial charge in [-0.25, -0.2) is 15.0 Å². The second-order valence-electron chi connectivity index (χ2n) is 17.0. The number of hydrogen-bond donors (Lipinski definition) is 0. The zero-order valence-corrected chi connectivity index (χ0v) is 33.9. The fraction of sp³-hybridized carbons (Fsp3) is 0.0862. The van der Waals surface area contributed by atoms with Crippen LogP contribution < -0.4 is 0 Å². The Morgan fingerprint density at radius 2 is 1.16 bits per heavy atom. The summed E-state index contributed by atoms with van der Waals surface area (Å²) in [5.41, 5.74) is 17.2. The summed E-state index contributed by atoms with van der Waals surface area (Å²) < 4.78 is 2.56. The molecule has 9 aromatic rings. The van der Waals surface area contributed by atoms with Gasteiger partial charge in [-0.2, -0.15) is 0 Å². The highest BCUT2D eigenvalue weighted by Crippen LogP contribution is 2.67. The van der Waals surface area contributed by atoms with E-state index in [0.29, 0.717) is 11.6 Å². The first kappa shape index (κ1) is 35.1. The van der Waals surface area contributed by atoms with Crippen LogP contribution >= 0.6 is 0 Å². The van der Waals surface area contributed by atoms with Gasteiger partial charge in [0, 0.05) is 51.2 Å². The van der Waals surface area contributed by atoms with Crippen molar-refractivity contribution in [3.05, 3.63) is 246 Å². The van der Waals surface area contributed by atoms with Gasteiger partial charge in [-0.05, 0) is 75.2 Å². The van der Waals surface area contributed by atoms with Crippen LogP contribution in [0.5, 0.6) is 0 Å². The summed E-state index contributed by atoms with van der Waals surface area (Å²) >= 11 is 0. The van der Waals surface area contributed by atoms with E-state index >= 15 is 0 Å². The number of rotatable bonds is 5. The predicted molar refractivity (Wildman–Crippen MR) is 251 cm³/mol. The van der Waals surface area contributed by atoms with E-state index in [0.717, 1.165) is 34.5 Å². The van der Waals surface area contributed by atoms with Crippen molar-refractivity contribution in [2.24, 2.45) is 5.92 Å². The summed E-state index contributed by atoms with van der Waals surface area (Å²) in [6.45, 7) is 0. The Kier molecular flexibility index (Phi) is 7.74. The molecule has 7 aromatic carbocycles. The molecule has 3 atom stereocenters. The van der Waals surface area contributed by atoms with Crippen LogP contribution in [-0.4, -0.2) is 19.5 Å². The highest BCUT2D eigenvalue weighted by molar-refractivity contribution is 5.99. The second-order valence-corrected chi connectivity index (χ2v) is 17.0. The third-order valence-corrected chi connectivity index (χ3v) is 13.9. The normalized spacial score (nSPS) is 18.4. The van der Waals surface area contributed by atoms with E-state index in [1.54, 1.807) is 0 Å². The van der Waals surface area contributed by atoms with Gasteiger partial charge in [0.05, 0.1) is 10.9 Å². The number of nitrogens with zero attached hydrogens (tertiary/aromatic N) is 4. The monoisotopic (exact) mass is 792 g/mol. The van der Waals surface area contributed by atoms with E-state index in [1.807, 2.05) is 18.2 Å². The van der Waals surface area contributed by atoms with Crippen molar-refractivity contribution in [2.45, 2.75) is 23.7 Å². The molecule has 0 aliphatic heterocycles. The maximum atomic E-state index is 5.22. The molecule has 0 saturated heterocycles. The molecule has 4 nitrogen and oxygen atoms in total. The van der Waals surface area contributed by atoms with Crippen molar-refractivity contribution in [1.29, 1.82) is 0 Å². The average molecular weight is 793 g/mol. The molecule has 1 spiro atoms. The zero-order valence-electron chi connectivity index (χ0n) is 33.9. The maximum Gasteiger partial charge on any atom is 0.164 e. The zero-order chi connectivity index (χ0) is 40.8. The number of para-hydroxylation sites is 1. The molecule has 0 bridgehead atoms. The Labute approximate surface area is 361 Å². The third kappa shape index (κ3) is 4.98. The largest absolute Gasteiger partial charge is 0.312 e. The number of fused-ring (bicyclic) bond motifs is 14. The fourth-order valence-corrected chi connectivity index (χ4v) is 11.4. The van der Waals surface area contributed by atoms with Crippen LogP contribution in [0.4, 0.5) is 0 Å². The smallest absolute Gasteiger partial charge is 0.164 e. The lowest BCUT2D eigenvalue weighted by Gasteiger charge is -2.37. The molecule has 13 rings (SSSR count). The van der Waals surface area contributed by atoms with E-state index in [-0.39, 0.29) is 23.2 Å². The van der Waals surface area contributed by atoms with Crippen LogP contribution in [0.3, 0.4) is 0 Å². The minimum absolute atomic E-state index is 0.0821. The molecule has 62 heavy (non-hydrogen) atoms. The van der Waals surface area contributed by atoms with Crippen molar-refractivity contribution < 1.29 is 0 Å². The van der Waals surface area contributed by atoms with Gasteiger partial charge in [-0.3, -0.25) is 0 Å². The SMILES string of the molecule is C1=CCC(c2nc(-c3ccccc3)nc(-c3ccccc3-c3ccc4c(c3)c3c(n4-c4ccccc4)C4c5ccccc5C5(c6ccccc6-c6ccccc65)C4C=C3)n2)C=C1. The summed E-state index contributed by atoms with van der Waals surface area (Å²) in [6.07, 6.45) is 14.4. The summed E-state index contributed by atoms with van der Waals surface area (Å²) in [4.78, 5) is 15.4. The highest BCUT2D eigenvalue weighted by atomic mass is 15.0. The summed E-state index contributed by atoms with van der Waals surface area (Å²) in [6, 6.07) is 64.4. The first-order valence-electron chi connectivity index (χ1n) is 21.7. The lowest BCUT2D eigenvalue weighted by atomic mass is 9.64. The standard InChI is InChI=1S/C58H40N4/c1-4-18-37(19-5-1)55-59-56(38-20-6-2-7-21-38)61-57(60-55)45-27-11-10-24-41(45)39-32-35-52-47(36-39)44-33-34-51-53(54(44)62(52)40-22-8-3-9-23-40)46-28-14-17-31-50(46)58(51)48-29-15-12-25-42(48)43-26-13-16-30-49(43)58/h1-20,22-36,38,51,53H,21H2. The van der Waals surface area contributed by atoms with Crippen LogP contribution in [0.15, 0.2) is 206 Å². The Morgan fingerprint density at radius 1 is 0.516 bits per heavy atom. The molecule has 0 N–H and O–H groups in total. The van der Waals surface area contributed by atoms with Gasteiger partial charge >= 0.3 is 0 Å². The molecular formula is C58H40N4. The Balaban J connectivity index is 1.02. The van der Waals surface area contributed by atoms with Crippen molar-refractivity contribution in [1.82, 2.24) is 19.5 Å². The number of hydrogen-bond acceptors (Lipinski definition) is 3. The van der Waals surface area contributed by atoms with Gasteiger partial charge in [0.15, 0.2) is 11.6 Å². The van der Waals surface area contributed by atoms with Gasteiger partial charge in [0.2, 0.25) is 0 Å². The predicted octanol–water partition coefficient (Wildman–Crippen LogP) is 13.5. The third-order valence-electron chi connectivity index (χ3n) is 13.9. The maximum absolute atomic E-state index is 5.22. The second kappa shape index (κ2) is 13.7. The van der Waals surface area contributed by atoms with Crippen molar-refractivity contribution in [2.75, 3.05) is 0 Å². The van der Waals surface area contributed by atoms with Crippen LogP contribution in [0.1, 0.15) is 57.6 Å². The van der Waals surface area contributed by atoms with E-state index in [1.165, 1.54) is 61.2 Å². The van der Waals surface area contributed by atoms with Gasteiger partial charge in [-0.15, -0.1) is 0 Å². The van der Waals surface area contributed by atoms with Crippen molar-refractivity contribution >= 4 is 17.0 Å². The van der Waals surface area contributed by atoms with E-state index < -0.39 is 0 Å². The van der Waals surface area contributed by atoms with Crippen LogP contribution in [0.2, 0.25) is 0 Å². The van der Waals surface area contributed by atoms with Crippen LogP contribution in [0, 0.1) is 5.92 Å². The molecule has 2 heterocycles. The van der Waals surface area contributed by atoms with E-state index in [2.05, 4.69) is 199 Å². The molecule has 4 aliphatic rings. The quantitative estimate of drug-likeness (QED) is 0.174. The molecule has 3 unspecified atom stereocenters. The molecule has 4 heteroatoms. The lowest BCUT2D eigenvalue weighted by Crippen LogP contribution is -2.34.